The Morgan fingerprint density at radius 2 is 1.83 bits per heavy atom. The normalized spacial score (nSPS) is 13.0. The number of para-hydroxylation sites is 1. The SMILES string of the molecule is CN(C)c1ccc(CCCNC(=O)CCC(=O)N2CCSc3ccccc32)cc1. The summed E-state index contributed by atoms with van der Waals surface area (Å²) in [5.41, 5.74) is 3.41. The molecule has 5 nitrogen and oxygen atoms in total. The van der Waals surface area contributed by atoms with Crippen LogP contribution < -0.4 is 15.1 Å². The molecule has 1 heterocycles. The molecule has 0 saturated carbocycles. The van der Waals surface area contributed by atoms with Gasteiger partial charge >= 0.3 is 0 Å². The number of carbonyl (C=O) groups excluding carboxylic acids is 2. The zero-order valence-corrected chi connectivity index (χ0v) is 18.0. The van der Waals surface area contributed by atoms with E-state index in [0.29, 0.717) is 13.1 Å². The number of fused-ring (bicyclic) bond motifs is 1. The molecule has 0 fully saturated rings. The van der Waals surface area contributed by atoms with E-state index < -0.39 is 0 Å². The van der Waals surface area contributed by atoms with Crippen LogP contribution in [-0.2, 0) is 16.0 Å². The molecule has 2 amide bonds. The maximum atomic E-state index is 12.6. The van der Waals surface area contributed by atoms with Gasteiger partial charge in [-0.25, -0.2) is 0 Å². The predicted octanol–water partition coefficient (Wildman–Crippen LogP) is 3.72. The minimum Gasteiger partial charge on any atom is -0.378 e. The second-order valence-corrected chi connectivity index (χ2v) is 8.51. The van der Waals surface area contributed by atoms with Crippen molar-refractivity contribution in [2.24, 2.45) is 0 Å². The Balaban J connectivity index is 1.36. The Labute approximate surface area is 177 Å². The van der Waals surface area contributed by atoms with Crippen LogP contribution in [0.5, 0.6) is 0 Å². The van der Waals surface area contributed by atoms with Crippen molar-refractivity contribution in [3.05, 3.63) is 54.1 Å². The molecule has 0 aliphatic carbocycles. The molecule has 0 unspecified atom stereocenters. The van der Waals surface area contributed by atoms with Crippen LogP contribution in [0.1, 0.15) is 24.8 Å². The van der Waals surface area contributed by atoms with E-state index in [0.717, 1.165) is 29.2 Å². The Morgan fingerprint density at radius 1 is 1.07 bits per heavy atom. The molecular weight excluding hydrogens is 382 g/mol. The van der Waals surface area contributed by atoms with Crippen LogP contribution in [0.2, 0.25) is 0 Å². The number of anilines is 2. The van der Waals surface area contributed by atoms with Gasteiger partial charge in [-0.05, 0) is 42.7 Å². The van der Waals surface area contributed by atoms with Crippen molar-refractivity contribution in [1.82, 2.24) is 5.32 Å². The maximum absolute atomic E-state index is 12.6. The van der Waals surface area contributed by atoms with Gasteiger partial charge in [0.05, 0.1) is 5.69 Å². The molecular formula is C23H29N3O2S. The van der Waals surface area contributed by atoms with Crippen LogP contribution in [0.25, 0.3) is 0 Å². The van der Waals surface area contributed by atoms with Crippen LogP contribution in [0.15, 0.2) is 53.4 Å². The van der Waals surface area contributed by atoms with Gasteiger partial charge in [-0.3, -0.25) is 9.59 Å². The second kappa shape index (κ2) is 10.3. The molecule has 1 aliphatic heterocycles. The van der Waals surface area contributed by atoms with E-state index in [1.165, 1.54) is 11.3 Å². The first kappa shape index (κ1) is 21.2. The number of nitrogens with zero attached hydrogens (tertiary/aromatic N) is 2. The molecule has 154 valence electrons. The van der Waals surface area contributed by atoms with Crippen molar-refractivity contribution in [2.45, 2.75) is 30.6 Å². The number of thioether (sulfide) groups is 1. The van der Waals surface area contributed by atoms with Crippen molar-refractivity contribution in [3.63, 3.8) is 0 Å². The smallest absolute Gasteiger partial charge is 0.227 e. The summed E-state index contributed by atoms with van der Waals surface area (Å²) in [7, 11) is 4.05. The fourth-order valence-electron chi connectivity index (χ4n) is 3.35. The van der Waals surface area contributed by atoms with Gasteiger partial charge in [-0.1, -0.05) is 24.3 Å². The zero-order valence-electron chi connectivity index (χ0n) is 17.2. The van der Waals surface area contributed by atoms with E-state index in [9.17, 15) is 9.59 Å². The highest BCUT2D eigenvalue weighted by Crippen LogP contribution is 2.34. The molecule has 6 heteroatoms. The summed E-state index contributed by atoms with van der Waals surface area (Å²) in [4.78, 5) is 29.7. The maximum Gasteiger partial charge on any atom is 0.227 e. The highest BCUT2D eigenvalue weighted by atomic mass is 32.2. The predicted molar refractivity (Wildman–Crippen MR) is 121 cm³/mol. The fraction of sp³-hybridized carbons (Fsp3) is 0.391. The minimum atomic E-state index is -0.0547. The van der Waals surface area contributed by atoms with E-state index in [-0.39, 0.29) is 24.7 Å². The molecule has 1 aliphatic rings. The lowest BCUT2D eigenvalue weighted by Gasteiger charge is -2.29. The van der Waals surface area contributed by atoms with Crippen molar-refractivity contribution in [2.75, 3.05) is 42.7 Å². The lowest BCUT2D eigenvalue weighted by molar-refractivity contribution is -0.125. The highest BCUT2D eigenvalue weighted by Gasteiger charge is 2.22. The summed E-state index contributed by atoms with van der Waals surface area (Å²) >= 11 is 1.77. The van der Waals surface area contributed by atoms with Gasteiger partial charge in [0.15, 0.2) is 0 Å². The molecule has 0 aromatic heterocycles. The van der Waals surface area contributed by atoms with Crippen molar-refractivity contribution >= 4 is 35.0 Å². The number of amides is 2. The Bertz CT molecular complexity index is 836. The van der Waals surface area contributed by atoms with Gasteiger partial charge in [0.1, 0.15) is 0 Å². The number of carbonyl (C=O) groups is 2. The minimum absolute atomic E-state index is 0.0221. The van der Waals surface area contributed by atoms with Crippen molar-refractivity contribution in [3.8, 4) is 0 Å². The van der Waals surface area contributed by atoms with Crippen LogP contribution in [0.4, 0.5) is 11.4 Å². The number of aryl methyl sites for hydroxylation is 1. The third kappa shape index (κ3) is 6.00. The van der Waals surface area contributed by atoms with E-state index in [1.54, 1.807) is 11.8 Å². The first-order chi connectivity index (χ1) is 14.0. The number of nitrogens with one attached hydrogen (secondary N) is 1. The molecule has 0 spiro atoms. The van der Waals surface area contributed by atoms with Gasteiger partial charge in [0, 0.05) is 56.4 Å². The number of benzene rings is 2. The van der Waals surface area contributed by atoms with Crippen LogP contribution in [-0.4, -0.2) is 44.8 Å². The van der Waals surface area contributed by atoms with Crippen molar-refractivity contribution < 1.29 is 9.59 Å². The molecule has 0 saturated heterocycles. The fourth-order valence-corrected chi connectivity index (χ4v) is 4.35. The van der Waals surface area contributed by atoms with E-state index in [4.69, 9.17) is 0 Å². The largest absolute Gasteiger partial charge is 0.378 e. The topological polar surface area (TPSA) is 52.7 Å². The van der Waals surface area contributed by atoms with Gasteiger partial charge in [0.25, 0.3) is 0 Å². The number of hydrogen-bond donors (Lipinski definition) is 1. The Kier molecular flexibility index (Phi) is 7.58. The van der Waals surface area contributed by atoms with Gasteiger partial charge in [0.2, 0.25) is 11.8 Å². The summed E-state index contributed by atoms with van der Waals surface area (Å²) < 4.78 is 0. The van der Waals surface area contributed by atoms with E-state index >= 15 is 0 Å². The molecule has 29 heavy (non-hydrogen) atoms. The van der Waals surface area contributed by atoms with Gasteiger partial charge in [-0.2, -0.15) is 0 Å². The van der Waals surface area contributed by atoms with E-state index in [1.807, 2.05) is 43.3 Å². The second-order valence-electron chi connectivity index (χ2n) is 7.38. The highest BCUT2D eigenvalue weighted by molar-refractivity contribution is 7.99. The first-order valence-electron chi connectivity index (χ1n) is 10.1. The quantitative estimate of drug-likeness (QED) is 0.673. The monoisotopic (exact) mass is 411 g/mol. The molecule has 2 aromatic carbocycles. The third-order valence-electron chi connectivity index (χ3n) is 5.01. The average molecular weight is 412 g/mol. The van der Waals surface area contributed by atoms with Crippen LogP contribution in [0.3, 0.4) is 0 Å². The summed E-state index contributed by atoms with van der Waals surface area (Å²) in [5, 5.41) is 2.94. The van der Waals surface area contributed by atoms with Crippen LogP contribution >= 0.6 is 11.8 Å². The molecule has 3 rings (SSSR count). The Morgan fingerprint density at radius 3 is 2.59 bits per heavy atom. The van der Waals surface area contributed by atoms with Crippen molar-refractivity contribution in [1.29, 1.82) is 0 Å². The summed E-state index contributed by atoms with van der Waals surface area (Å²) in [6, 6.07) is 16.4. The lowest BCUT2D eigenvalue weighted by atomic mass is 10.1. The lowest BCUT2D eigenvalue weighted by Crippen LogP contribution is -2.36. The van der Waals surface area contributed by atoms with Gasteiger partial charge < -0.3 is 15.1 Å². The molecule has 2 aromatic rings. The molecule has 0 radical (unpaired) electrons. The first-order valence-corrected chi connectivity index (χ1v) is 11.1. The summed E-state index contributed by atoms with van der Waals surface area (Å²) in [6.07, 6.45) is 2.30. The molecule has 0 bridgehead atoms. The Hall–Kier alpha value is -2.47. The third-order valence-corrected chi connectivity index (χ3v) is 6.06. The number of rotatable bonds is 8. The zero-order chi connectivity index (χ0) is 20.6. The summed E-state index contributed by atoms with van der Waals surface area (Å²) in [5.74, 6) is 0.861. The van der Waals surface area contributed by atoms with Gasteiger partial charge in [-0.15, -0.1) is 11.8 Å². The molecule has 0 atom stereocenters. The molecule has 1 N–H and O–H groups in total. The average Bonchev–Trinajstić information content (AvgIpc) is 2.75. The number of hydrogen-bond acceptors (Lipinski definition) is 4. The standard InChI is InChI=1S/C23H29N3O2S/c1-25(2)19-11-9-18(10-12-19)6-5-15-24-22(27)13-14-23(28)26-16-17-29-21-8-4-3-7-20(21)26/h3-4,7-12H,5-6,13-17H2,1-2H3,(H,24,27). The van der Waals surface area contributed by atoms with Crippen LogP contribution in [0, 0.1) is 0 Å². The summed E-state index contributed by atoms with van der Waals surface area (Å²) in [6.45, 7) is 1.33. The van der Waals surface area contributed by atoms with E-state index in [2.05, 4.69) is 34.5 Å².